The Kier molecular flexibility index (Phi) is 7.28. The standard InChI is InChI=1S/C9H16O4S/c1-7(6-9(11)13-3)14-5-4-8(10)12-2/h7H,4-6H2,1-3H3/t7-/m1/s1. The van der Waals surface area contributed by atoms with Crippen LogP contribution in [0.3, 0.4) is 0 Å². The highest BCUT2D eigenvalue weighted by molar-refractivity contribution is 7.99. The molecule has 0 spiro atoms. The molecule has 0 heterocycles. The number of carbonyl (C=O) groups is 2. The third-order valence-corrected chi connectivity index (χ3v) is 2.79. The van der Waals surface area contributed by atoms with Crippen LogP contribution in [-0.2, 0) is 19.1 Å². The van der Waals surface area contributed by atoms with E-state index < -0.39 is 0 Å². The number of hydrogen-bond acceptors (Lipinski definition) is 5. The minimum Gasteiger partial charge on any atom is -0.469 e. The highest BCUT2D eigenvalue weighted by Crippen LogP contribution is 2.15. The molecule has 0 unspecified atom stereocenters. The van der Waals surface area contributed by atoms with Crippen LogP contribution in [0.5, 0.6) is 0 Å². The van der Waals surface area contributed by atoms with Crippen molar-refractivity contribution in [2.24, 2.45) is 0 Å². The molecular formula is C9H16O4S. The first-order valence-corrected chi connectivity index (χ1v) is 5.40. The van der Waals surface area contributed by atoms with Gasteiger partial charge in [0.1, 0.15) is 0 Å². The normalized spacial score (nSPS) is 11.9. The highest BCUT2D eigenvalue weighted by Gasteiger charge is 2.10. The number of carbonyl (C=O) groups excluding carboxylic acids is 2. The van der Waals surface area contributed by atoms with Crippen LogP contribution < -0.4 is 0 Å². The van der Waals surface area contributed by atoms with Gasteiger partial charge in [0.05, 0.1) is 27.1 Å². The van der Waals surface area contributed by atoms with Crippen LogP contribution in [0.25, 0.3) is 0 Å². The van der Waals surface area contributed by atoms with Gasteiger partial charge in [-0.25, -0.2) is 0 Å². The van der Waals surface area contributed by atoms with E-state index in [1.54, 1.807) is 11.8 Å². The Labute approximate surface area is 88.3 Å². The van der Waals surface area contributed by atoms with E-state index in [1.165, 1.54) is 14.2 Å². The van der Waals surface area contributed by atoms with Gasteiger partial charge in [0.2, 0.25) is 0 Å². The monoisotopic (exact) mass is 220 g/mol. The molecule has 0 radical (unpaired) electrons. The van der Waals surface area contributed by atoms with Gasteiger partial charge in [-0.1, -0.05) is 6.92 Å². The van der Waals surface area contributed by atoms with E-state index in [1.807, 2.05) is 6.92 Å². The van der Waals surface area contributed by atoms with Gasteiger partial charge in [0.25, 0.3) is 0 Å². The zero-order valence-corrected chi connectivity index (χ0v) is 9.56. The van der Waals surface area contributed by atoms with Crippen molar-refractivity contribution in [3.63, 3.8) is 0 Å². The summed E-state index contributed by atoms with van der Waals surface area (Å²) >= 11 is 1.56. The fourth-order valence-corrected chi connectivity index (χ4v) is 1.76. The van der Waals surface area contributed by atoms with Crippen molar-refractivity contribution in [3.05, 3.63) is 0 Å². The van der Waals surface area contributed by atoms with E-state index in [9.17, 15) is 9.59 Å². The molecule has 82 valence electrons. The van der Waals surface area contributed by atoms with E-state index in [4.69, 9.17) is 0 Å². The third kappa shape index (κ3) is 6.77. The predicted octanol–water partition coefficient (Wildman–Crippen LogP) is 1.23. The molecule has 0 aliphatic heterocycles. The fraction of sp³-hybridized carbons (Fsp3) is 0.778. The Hall–Kier alpha value is -0.710. The van der Waals surface area contributed by atoms with E-state index in [-0.39, 0.29) is 17.2 Å². The number of thioether (sulfide) groups is 1. The zero-order chi connectivity index (χ0) is 11.0. The molecule has 5 heteroatoms. The van der Waals surface area contributed by atoms with Gasteiger partial charge in [0, 0.05) is 11.0 Å². The van der Waals surface area contributed by atoms with Crippen LogP contribution in [0, 0.1) is 0 Å². The van der Waals surface area contributed by atoms with E-state index in [2.05, 4.69) is 9.47 Å². The Bertz CT molecular complexity index is 193. The lowest BCUT2D eigenvalue weighted by molar-refractivity contribution is -0.141. The molecule has 0 aliphatic carbocycles. The summed E-state index contributed by atoms with van der Waals surface area (Å²) in [6, 6.07) is 0. The van der Waals surface area contributed by atoms with Gasteiger partial charge in [0.15, 0.2) is 0 Å². The molecular weight excluding hydrogens is 204 g/mol. The largest absolute Gasteiger partial charge is 0.469 e. The molecule has 0 aromatic heterocycles. The Balaban J connectivity index is 3.49. The van der Waals surface area contributed by atoms with Crippen molar-refractivity contribution < 1.29 is 19.1 Å². The summed E-state index contributed by atoms with van der Waals surface area (Å²) in [4.78, 5) is 21.6. The molecule has 4 nitrogen and oxygen atoms in total. The van der Waals surface area contributed by atoms with E-state index in [0.29, 0.717) is 18.6 Å². The van der Waals surface area contributed by atoms with Crippen LogP contribution in [0.4, 0.5) is 0 Å². The summed E-state index contributed by atoms with van der Waals surface area (Å²) in [5, 5.41) is 0.173. The lowest BCUT2D eigenvalue weighted by Gasteiger charge is -2.08. The highest BCUT2D eigenvalue weighted by atomic mass is 32.2. The quantitative estimate of drug-likeness (QED) is 0.630. The number of hydrogen-bond donors (Lipinski definition) is 0. The van der Waals surface area contributed by atoms with Gasteiger partial charge >= 0.3 is 11.9 Å². The summed E-state index contributed by atoms with van der Waals surface area (Å²) in [7, 11) is 2.74. The number of ether oxygens (including phenoxy) is 2. The second-order valence-electron chi connectivity index (χ2n) is 2.79. The average Bonchev–Trinajstić information content (AvgIpc) is 2.17. The minimum absolute atomic E-state index is 0.173. The van der Waals surface area contributed by atoms with Crippen LogP contribution in [0.15, 0.2) is 0 Å². The molecule has 1 atom stereocenters. The fourth-order valence-electron chi connectivity index (χ4n) is 0.822. The van der Waals surface area contributed by atoms with Crippen molar-refractivity contribution in [2.45, 2.75) is 25.0 Å². The molecule has 0 saturated carbocycles. The Morgan fingerprint density at radius 1 is 1.21 bits per heavy atom. The van der Waals surface area contributed by atoms with Gasteiger partial charge < -0.3 is 9.47 Å². The second kappa shape index (κ2) is 7.67. The van der Waals surface area contributed by atoms with E-state index in [0.717, 1.165) is 0 Å². The van der Waals surface area contributed by atoms with Crippen molar-refractivity contribution >= 4 is 23.7 Å². The van der Waals surface area contributed by atoms with E-state index >= 15 is 0 Å². The van der Waals surface area contributed by atoms with Crippen molar-refractivity contribution in [3.8, 4) is 0 Å². The molecule has 14 heavy (non-hydrogen) atoms. The van der Waals surface area contributed by atoms with Crippen LogP contribution in [-0.4, -0.2) is 37.2 Å². The lowest BCUT2D eigenvalue weighted by atomic mass is 10.3. The first-order chi connectivity index (χ1) is 6.60. The van der Waals surface area contributed by atoms with Gasteiger partial charge in [-0.3, -0.25) is 9.59 Å². The molecule has 0 aromatic carbocycles. The molecule has 0 N–H and O–H groups in total. The summed E-state index contributed by atoms with van der Waals surface area (Å²) in [5.74, 6) is 0.232. The summed E-state index contributed by atoms with van der Waals surface area (Å²) in [6.45, 7) is 1.93. The summed E-state index contributed by atoms with van der Waals surface area (Å²) in [5.41, 5.74) is 0. The van der Waals surface area contributed by atoms with Crippen LogP contribution in [0.1, 0.15) is 19.8 Å². The first kappa shape index (κ1) is 13.3. The Morgan fingerprint density at radius 3 is 2.29 bits per heavy atom. The number of methoxy groups -OCH3 is 2. The third-order valence-electron chi connectivity index (χ3n) is 1.62. The molecule has 0 saturated heterocycles. The zero-order valence-electron chi connectivity index (χ0n) is 8.74. The molecule has 0 aromatic rings. The predicted molar refractivity (Wildman–Crippen MR) is 55.2 cm³/mol. The van der Waals surface area contributed by atoms with Crippen molar-refractivity contribution in [2.75, 3.05) is 20.0 Å². The smallest absolute Gasteiger partial charge is 0.306 e. The van der Waals surface area contributed by atoms with Gasteiger partial charge in [-0.15, -0.1) is 0 Å². The maximum Gasteiger partial charge on any atom is 0.306 e. The van der Waals surface area contributed by atoms with Crippen molar-refractivity contribution in [1.82, 2.24) is 0 Å². The molecule has 0 amide bonds. The van der Waals surface area contributed by atoms with Gasteiger partial charge in [-0.05, 0) is 0 Å². The molecule has 0 bridgehead atoms. The molecule has 0 fully saturated rings. The minimum atomic E-state index is -0.220. The number of rotatable bonds is 6. The first-order valence-electron chi connectivity index (χ1n) is 4.35. The summed E-state index contributed by atoms with van der Waals surface area (Å²) < 4.78 is 9.02. The van der Waals surface area contributed by atoms with Crippen LogP contribution >= 0.6 is 11.8 Å². The molecule has 0 aliphatic rings. The molecule has 0 rings (SSSR count). The van der Waals surface area contributed by atoms with Gasteiger partial charge in [-0.2, -0.15) is 11.8 Å². The van der Waals surface area contributed by atoms with Crippen molar-refractivity contribution in [1.29, 1.82) is 0 Å². The number of esters is 2. The maximum atomic E-state index is 10.8. The SMILES string of the molecule is COC(=O)CCS[C@H](C)CC(=O)OC. The second-order valence-corrected chi connectivity index (χ2v) is 4.33. The maximum absolute atomic E-state index is 10.8. The Morgan fingerprint density at radius 2 is 1.79 bits per heavy atom. The van der Waals surface area contributed by atoms with Crippen LogP contribution in [0.2, 0.25) is 0 Å². The lowest BCUT2D eigenvalue weighted by Crippen LogP contribution is -2.10. The summed E-state index contributed by atoms with van der Waals surface area (Å²) in [6.07, 6.45) is 0.759. The topological polar surface area (TPSA) is 52.6 Å². The average molecular weight is 220 g/mol.